The van der Waals surface area contributed by atoms with Crippen molar-refractivity contribution in [3.8, 4) is 5.75 Å². The average molecular weight is 391 g/mol. The molecule has 0 atom stereocenters. The third-order valence-corrected chi connectivity index (χ3v) is 4.11. The van der Waals surface area contributed by atoms with Crippen molar-refractivity contribution in [2.24, 2.45) is 0 Å². The zero-order valence-electron chi connectivity index (χ0n) is 10.7. The minimum Gasteiger partial charge on any atom is -0.488 e. The van der Waals surface area contributed by atoms with Gasteiger partial charge in [0, 0.05) is 33.6 Å². The molecule has 110 valence electrons. The van der Waals surface area contributed by atoms with E-state index in [1.165, 1.54) is 12.1 Å². The number of ether oxygens (including phenoxy) is 1. The third-order valence-electron chi connectivity index (χ3n) is 2.84. The van der Waals surface area contributed by atoms with Crippen LogP contribution in [0.4, 0.5) is 5.69 Å². The number of nitro groups is 1. The molecule has 0 fully saturated rings. The Labute approximate surface area is 139 Å². The van der Waals surface area contributed by atoms with Crippen LogP contribution in [-0.2, 0) is 11.9 Å². The molecule has 0 radical (unpaired) electrons. The summed E-state index contributed by atoms with van der Waals surface area (Å²) in [7, 11) is 0. The molecule has 2 rings (SSSR count). The Morgan fingerprint density at radius 3 is 2.57 bits per heavy atom. The maximum Gasteiger partial charge on any atom is 0.270 e. The van der Waals surface area contributed by atoms with E-state index in [9.17, 15) is 10.1 Å². The van der Waals surface area contributed by atoms with Crippen molar-refractivity contribution < 1.29 is 9.66 Å². The summed E-state index contributed by atoms with van der Waals surface area (Å²) in [5, 5.41) is 12.1. The minimum atomic E-state index is -0.490. The zero-order chi connectivity index (χ0) is 15.4. The number of alkyl halides is 1. The molecule has 0 saturated heterocycles. The lowest BCUT2D eigenvalue weighted by atomic mass is 10.2. The molecule has 7 heteroatoms. The molecule has 2 aromatic carbocycles. The average Bonchev–Trinajstić information content (AvgIpc) is 2.45. The first-order chi connectivity index (χ1) is 10.0. The largest absolute Gasteiger partial charge is 0.488 e. The Bertz CT molecular complexity index is 679. The molecule has 0 aliphatic carbocycles. The predicted molar refractivity (Wildman–Crippen MR) is 86.5 cm³/mol. The number of nitro benzene ring substituents is 1. The first-order valence-electron chi connectivity index (χ1n) is 5.92. The molecular formula is C14H10BrCl2NO3. The van der Waals surface area contributed by atoms with Gasteiger partial charge in [0.1, 0.15) is 12.4 Å². The number of halogens is 3. The van der Waals surface area contributed by atoms with Gasteiger partial charge >= 0.3 is 0 Å². The second-order valence-corrected chi connectivity index (χ2v) is 5.55. The monoisotopic (exact) mass is 389 g/mol. The van der Waals surface area contributed by atoms with E-state index in [4.69, 9.17) is 27.9 Å². The van der Waals surface area contributed by atoms with Gasteiger partial charge in [0.25, 0.3) is 5.69 Å². The van der Waals surface area contributed by atoms with Gasteiger partial charge in [0.15, 0.2) is 0 Å². The van der Waals surface area contributed by atoms with E-state index in [0.29, 0.717) is 26.7 Å². The Kier molecular flexibility index (Phi) is 5.45. The van der Waals surface area contributed by atoms with Crippen molar-refractivity contribution >= 4 is 44.8 Å². The van der Waals surface area contributed by atoms with E-state index < -0.39 is 4.92 Å². The molecule has 0 amide bonds. The van der Waals surface area contributed by atoms with Crippen molar-refractivity contribution in [3.63, 3.8) is 0 Å². The fraction of sp³-hybridized carbons (Fsp3) is 0.143. The van der Waals surface area contributed by atoms with Crippen LogP contribution in [0.5, 0.6) is 5.75 Å². The second-order valence-electron chi connectivity index (χ2n) is 4.17. The van der Waals surface area contributed by atoms with Crippen LogP contribution in [0.2, 0.25) is 10.0 Å². The van der Waals surface area contributed by atoms with Crippen molar-refractivity contribution in [2.45, 2.75) is 11.9 Å². The van der Waals surface area contributed by atoms with Crippen LogP contribution in [-0.4, -0.2) is 4.92 Å². The van der Waals surface area contributed by atoms with Gasteiger partial charge in [-0.15, -0.1) is 0 Å². The molecule has 0 aliphatic heterocycles. The van der Waals surface area contributed by atoms with Gasteiger partial charge < -0.3 is 4.74 Å². The molecule has 4 nitrogen and oxygen atoms in total. The second kappa shape index (κ2) is 7.11. The zero-order valence-corrected chi connectivity index (χ0v) is 13.8. The van der Waals surface area contributed by atoms with E-state index in [2.05, 4.69) is 15.9 Å². The van der Waals surface area contributed by atoms with Gasteiger partial charge in [-0.1, -0.05) is 45.2 Å². The maximum absolute atomic E-state index is 10.7. The maximum atomic E-state index is 10.7. The summed E-state index contributed by atoms with van der Waals surface area (Å²) in [4.78, 5) is 10.2. The lowest BCUT2D eigenvalue weighted by Gasteiger charge is -2.12. The standard InChI is InChI=1S/C14H10BrCl2NO3/c15-7-11-12(16)2-1-3-14(11)21-8-9-4-5-10(18(19)20)6-13(9)17/h1-6H,7-8H2. The summed E-state index contributed by atoms with van der Waals surface area (Å²) in [6, 6.07) is 9.67. The summed E-state index contributed by atoms with van der Waals surface area (Å²) in [6.45, 7) is 0.206. The third kappa shape index (κ3) is 3.87. The van der Waals surface area contributed by atoms with Crippen molar-refractivity contribution in [1.29, 1.82) is 0 Å². The van der Waals surface area contributed by atoms with E-state index in [1.54, 1.807) is 18.2 Å². The summed E-state index contributed by atoms with van der Waals surface area (Å²) < 4.78 is 5.71. The first kappa shape index (κ1) is 16.1. The number of nitrogens with zero attached hydrogens (tertiary/aromatic N) is 1. The quantitative estimate of drug-likeness (QED) is 0.391. The molecule has 0 aromatic heterocycles. The van der Waals surface area contributed by atoms with E-state index in [0.717, 1.165) is 5.56 Å². The Hall–Kier alpha value is -1.30. The SMILES string of the molecule is O=[N+]([O-])c1ccc(COc2cccc(Cl)c2CBr)c(Cl)c1. The molecule has 0 saturated carbocycles. The molecule has 0 heterocycles. The van der Waals surface area contributed by atoms with Crippen molar-refractivity contribution in [2.75, 3.05) is 0 Å². The van der Waals surface area contributed by atoms with Crippen LogP contribution in [0, 0.1) is 10.1 Å². The predicted octanol–water partition coefficient (Wildman–Crippen LogP) is 5.38. The normalized spacial score (nSPS) is 10.4. The lowest BCUT2D eigenvalue weighted by Crippen LogP contribution is -1.99. The summed E-state index contributed by atoms with van der Waals surface area (Å²) in [5.41, 5.74) is 1.47. The minimum absolute atomic E-state index is 0.0485. The fourth-order valence-corrected chi connectivity index (χ4v) is 2.93. The molecular weight excluding hydrogens is 381 g/mol. The van der Waals surface area contributed by atoms with Crippen molar-refractivity contribution in [3.05, 3.63) is 67.7 Å². The summed E-state index contributed by atoms with van der Waals surface area (Å²) in [5.74, 6) is 0.647. The highest BCUT2D eigenvalue weighted by molar-refractivity contribution is 9.08. The van der Waals surface area contributed by atoms with Crippen molar-refractivity contribution in [1.82, 2.24) is 0 Å². The molecule has 0 bridgehead atoms. The van der Waals surface area contributed by atoms with Crippen LogP contribution in [0.15, 0.2) is 36.4 Å². The van der Waals surface area contributed by atoms with Gasteiger partial charge in [-0.05, 0) is 18.2 Å². The van der Waals surface area contributed by atoms with E-state index in [-0.39, 0.29) is 12.3 Å². The number of benzene rings is 2. The highest BCUT2D eigenvalue weighted by Gasteiger charge is 2.11. The molecule has 21 heavy (non-hydrogen) atoms. The smallest absolute Gasteiger partial charge is 0.270 e. The van der Waals surface area contributed by atoms with Gasteiger partial charge in [0.2, 0.25) is 0 Å². The lowest BCUT2D eigenvalue weighted by molar-refractivity contribution is -0.384. The van der Waals surface area contributed by atoms with Crippen LogP contribution < -0.4 is 4.74 Å². The van der Waals surface area contributed by atoms with Crippen LogP contribution in [0.1, 0.15) is 11.1 Å². The number of hydrogen-bond acceptors (Lipinski definition) is 3. The Morgan fingerprint density at radius 2 is 1.95 bits per heavy atom. The molecule has 0 unspecified atom stereocenters. The number of rotatable bonds is 5. The number of non-ortho nitro benzene ring substituents is 1. The number of hydrogen-bond donors (Lipinski definition) is 0. The van der Waals surface area contributed by atoms with E-state index in [1.807, 2.05) is 6.07 Å². The van der Waals surface area contributed by atoms with Gasteiger partial charge in [-0.3, -0.25) is 10.1 Å². The summed E-state index contributed by atoms with van der Waals surface area (Å²) in [6.07, 6.45) is 0. The Balaban J connectivity index is 2.17. The highest BCUT2D eigenvalue weighted by Crippen LogP contribution is 2.30. The molecule has 0 aliphatic rings. The molecule has 0 spiro atoms. The topological polar surface area (TPSA) is 52.4 Å². The van der Waals surface area contributed by atoms with Gasteiger partial charge in [-0.2, -0.15) is 0 Å². The fourth-order valence-electron chi connectivity index (χ4n) is 1.73. The first-order valence-corrected chi connectivity index (χ1v) is 7.79. The summed E-state index contributed by atoms with van der Waals surface area (Å²) >= 11 is 15.5. The van der Waals surface area contributed by atoms with Crippen LogP contribution in [0.3, 0.4) is 0 Å². The molecule has 0 N–H and O–H groups in total. The molecule has 2 aromatic rings. The van der Waals surface area contributed by atoms with Crippen LogP contribution in [0.25, 0.3) is 0 Å². The Morgan fingerprint density at radius 1 is 1.19 bits per heavy atom. The van der Waals surface area contributed by atoms with Crippen LogP contribution >= 0.6 is 39.1 Å². The highest BCUT2D eigenvalue weighted by atomic mass is 79.9. The van der Waals surface area contributed by atoms with Gasteiger partial charge in [0.05, 0.1) is 9.95 Å². The van der Waals surface area contributed by atoms with E-state index >= 15 is 0 Å². The van der Waals surface area contributed by atoms with Gasteiger partial charge in [-0.25, -0.2) is 0 Å².